The van der Waals surface area contributed by atoms with Crippen LogP contribution in [0.15, 0.2) is 60.7 Å². The van der Waals surface area contributed by atoms with Crippen molar-refractivity contribution in [3.05, 3.63) is 71.8 Å². The molecule has 1 aliphatic carbocycles. The summed E-state index contributed by atoms with van der Waals surface area (Å²) in [4.78, 5) is 38.0. The number of carboxylic acid groups (broad SMARTS) is 1. The molecule has 0 heterocycles. The predicted octanol–water partition coefficient (Wildman–Crippen LogP) is 3.48. The van der Waals surface area contributed by atoms with Gasteiger partial charge < -0.3 is 14.7 Å². The van der Waals surface area contributed by atoms with Crippen LogP contribution in [0.25, 0.3) is 0 Å². The fourth-order valence-corrected chi connectivity index (χ4v) is 3.98. The van der Waals surface area contributed by atoms with Crippen LogP contribution in [0.3, 0.4) is 0 Å². The third-order valence-corrected chi connectivity index (χ3v) is 5.97. The number of rotatable bonds is 8. The van der Waals surface area contributed by atoms with Gasteiger partial charge in [-0.05, 0) is 43.7 Å². The predicted molar refractivity (Wildman–Crippen MR) is 123 cm³/mol. The van der Waals surface area contributed by atoms with E-state index in [1.807, 2.05) is 60.7 Å². The van der Waals surface area contributed by atoms with Gasteiger partial charge in [-0.3, -0.25) is 20.4 Å². The first kappa shape index (κ1) is 24.3. The van der Waals surface area contributed by atoms with Crippen LogP contribution in [-0.4, -0.2) is 40.1 Å². The molecule has 3 rings (SSSR count). The molecule has 2 aromatic rings. The summed E-state index contributed by atoms with van der Waals surface area (Å²) < 4.78 is 5.55. The zero-order valence-corrected chi connectivity index (χ0v) is 18.8. The van der Waals surface area contributed by atoms with Crippen LogP contribution in [0, 0.1) is 5.92 Å². The molecule has 3 amide bonds. The van der Waals surface area contributed by atoms with Crippen molar-refractivity contribution in [2.24, 2.45) is 5.92 Å². The summed E-state index contributed by atoms with van der Waals surface area (Å²) in [6, 6.07) is 18.9. The second-order valence-corrected chi connectivity index (χ2v) is 8.32. The van der Waals surface area contributed by atoms with Gasteiger partial charge in [-0.1, -0.05) is 60.7 Å². The van der Waals surface area contributed by atoms with E-state index in [9.17, 15) is 19.5 Å². The van der Waals surface area contributed by atoms with E-state index in [1.54, 1.807) is 6.92 Å². The standard InChI is InChI=1S/C25H31N3O5/c1-18(33-17-20-10-6-3-7-11-20)23(29)26-27-24(30)21-12-14-22(15-13-21)28(25(31)32)16-19-8-4-2-5-9-19/h2-11,18,21-22H,12-17H2,1H3,(H,26,29)(H,27,30)(H,31,32)/t18-,21-,22-/m1/s1. The number of hydrogen-bond acceptors (Lipinski definition) is 4. The van der Waals surface area contributed by atoms with Crippen molar-refractivity contribution in [1.29, 1.82) is 0 Å². The number of benzene rings is 2. The van der Waals surface area contributed by atoms with E-state index >= 15 is 0 Å². The van der Waals surface area contributed by atoms with E-state index in [1.165, 1.54) is 4.90 Å². The molecule has 1 fully saturated rings. The van der Waals surface area contributed by atoms with E-state index in [-0.39, 0.29) is 17.9 Å². The maximum absolute atomic E-state index is 12.5. The third-order valence-electron chi connectivity index (χ3n) is 5.97. The molecule has 0 unspecified atom stereocenters. The summed E-state index contributed by atoms with van der Waals surface area (Å²) in [5.74, 6) is -0.954. The molecule has 8 heteroatoms. The van der Waals surface area contributed by atoms with Crippen LogP contribution < -0.4 is 10.9 Å². The maximum atomic E-state index is 12.5. The lowest BCUT2D eigenvalue weighted by Gasteiger charge is -2.35. The molecule has 0 radical (unpaired) electrons. The zero-order chi connectivity index (χ0) is 23.6. The number of nitrogens with one attached hydrogen (secondary N) is 2. The van der Waals surface area contributed by atoms with Gasteiger partial charge in [0.1, 0.15) is 6.10 Å². The number of carbonyl (C=O) groups excluding carboxylic acids is 2. The number of ether oxygens (including phenoxy) is 1. The SMILES string of the molecule is C[C@@H](OCc1ccccc1)C(=O)NNC(=O)[C@H]1CC[C@H](N(Cc2ccccc2)C(=O)O)CC1. The van der Waals surface area contributed by atoms with Gasteiger partial charge in [0, 0.05) is 18.5 Å². The molecule has 0 saturated heterocycles. The topological polar surface area (TPSA) is 108 Å². The van der Waals surface area contributed by atoms with Crippen molar-refractivity contribution in [2.75, 3.05) is 0 Å². The Morgan fingerprint density at radius 1 is 0.939 bits per heavy atom. The molecule has 1 atom stereocenters. The number of hydrogen-bond donors (Lipinski definition) is 3. The van der Waals surface area contributed by atoms with Crippen molar-refractivity contribution < 1.29 is 24.2 Å². The van der Waals surface area contributed by atoms with Crippen molar-refractivity contribution >= 4 is 17.9 Å². The first-order valence-corrected chi connectivity index (χ1v) is 11.2. The number of carbonyl (C=O) groups is 3. The second-order valence-electron chi connectivity index (χ2n) is 8.32. The van der Waals surface area contributed by atoms with Gasteiger partial charge in [0.2, 0.25) is 5.91 Å². The molecule has 176 valence electrons. The third kappa shape index (κ3) is 7.32. The van der Waals surface area contributed by atoms with E-state index in [4.69, 9.17) is 4.74 Å². The highest BCUT2D eigenvalue weighted by molar-refractivity contribution is 5.85. The molecule has 0 aliphatic heterocycles. The summed E-state index contributed by atoms with van der Waals surface area (Å²) in [5.41, 5.74) is 6.82. The monoisotopic (exact) mass is 453 g/mol. The Bertz CT molecular complexity index is 914. The van der Waals surface area contributed by atoms with E-state index in [2.05, 4.69) is 10.9 Å². The summed E-state index contributed by atoms with van der Waals surface area (Å²) >= 11 is 0. The first-order chi connectivity index (χ1) is 15.9. The number of nitrogens with zero attached hydrogens (tertiary/aromatic N) is 1. The number of amides is 3. The average Bonchev–Trinajstić information content (AvgIpc) is 2.85. The fraction of sp³-hybridized carbons (Fsp3) is 0.400. The Hall–Kier alpha value is -3.39. The largest absolute Gasteiger partial charge is 0.465 e. The minimum Gasteiger partial charge on any atom is -0.465 e. The lowest BCUT2D eigenvalue weighted by molar-refractivity contribution is -0.138. The minimum atomic E-state index is -0.955. The van der Waals surface area contributed by atoms with Crippen molar-refractivity contribution in [3.63, 3.8) is 0 Å². The van der Waals surface area contributed by atoms with Gasteiger partial charge in [-0.2, -0.15) is 0 Å². The molecular weight excluding hydrogens is 422 g/mol. The van der Waals surface area contributed by atoms with Crippen molar-refractivity contribution in [3.8, 4) is 0 Å². The van der Waals surface area contributed by atoms with Crippen LogP contribution in [0.2, 0.25) is 0 Å². The average molecular weight is 454 g/mol. The van der Waals surface area contributed by atoms with Gasteiger partial charge >= 0.3 is 6.09 Å². The Labute approximate surface area is 193 Å². The van der Waals surface area contributed by atoms with Crippen molar-refractivity contribution in [1.82, 2.24) is 15.8 Å². The Kier molecular flexibility index (Phi) is 8.83. The molecule has 0 spiro atoms. The highest BCUT2D eigenvalue weighted by Crippen LogP contribution is 2.28. The Morgan fingerprint density at radius 3 is 2.09 bits per heavy atom. The van der Waals surface area contributed by atoms with Crippen LogP contribution in [0.1, 0.15) is 43.7 Å². The molecule has 8 nitrogen and oxygen atoms in total. The maximum Gasteiger partial charge on any atom is 0.407 e. The smallest absolute Gasteiger partial charge is 0.407 e. The molecule has 1 aliphatic rings. The molecule has 0 aromatic heterocycles. The summed E-state index contributed by atoms with van der Waals surface area (Å²) in [7, 11) is 0. The molecule has 2 aromatic carbocycles. The normalized spacial score (nSPS) is 18.7. The van der Waals surface area contributed by atoms with Crippen molar-refractivity contribution in [2.45, 2.75) is 57.9 Å². The zero-order valence-electron chi connectivity index (χ0n) is 18.8. The van der Waals surface area contributed by atoms with Gasteiger partial charge in [0.25, 0.3) is 5.91 Å². The summed E-state index contributed by atoms with van der Waals surface area (Å²) in [6.07, 6.45) is 0.645. The quantitative estimate of drug-likeness (QED) is 0.531. The second kappa shape index (κ2) is 12.0. The molecule has 3 N–H and O–H groups in total. The molecule has 1 saturated carbocycles. The van der Waals surface area contributed by atoms with Crippen LogP contribution >= 0.6 is 0 Å². The Morgan fingerprint density at radius 2 is 1.52 bits per heavy atom. The Balaban J connectivity index is 1.41. The van der Waals surface area contributed by atoms with Crippen LogP contribution in [-0.2, 0) is 27.5 Å². The van der Waals surface area contributed by atoms with Gasteiger partial charge in [0.15, 0.2) is 0 Å². The molecule has 0 bridgehead atoms. The summed E-state index contributed by atoms with van der Waals surface area (Å²) in [6.45, 7) is 2.26. The molecule has 33 heavy (non-hydrogen) atoms. The molecular formula is C25H31N3O5. The highest BCUT2D eigenvalue weighted by atomic mass is 16.5. The van der Waals surface area contributed by atoms with E-state index in [0.29, 0.717) is 38.8 Å². The lowest BCUT2D eigenvalue weighted by atomic mass is 9.85. The highest BCUT2D eigenvalue weighted by Gasteiger charge is 2.32. The van der Waals surface area contributed by atoms with Gasteiger partial charge in [0.05, 0.1) is 6.61 Å². The van der Waals surface area contributed by atoms with Crippen LogP contribution in [0.4, 0.5) is 4.79 Å². The first-order valence-electron chi connectivity index (χ1n) is 11.2. The van der Waals surface area contributed by atoms with E-state index < -0.39 is 18.1 Å². The number of hydrazine groups is 1. The van der Waals surface area contributed by atoms with E-state index in [0.717, 1.165) is 11.1 Å². The van der Waals surface area contributed by atoms with Crippen LogP contribution in [0.5, 0.6) is 0 Å². The van der Waals surface area contributed by atoms with Gasteiger partial charge in [-0.25, -0.2) is 4.79 Å². The lowest BCUT2D eigenvalue weighted by Crippen LogP contribution is -2.49. The van der Waals surface area contributed by atoms with Gasteiger partial charge in [-0.15, -0.1) is 0 Å². The summed E-state index contributed by atoms with van der Waals surface area (Å²) in [5, 5.41) is 9.66. The fourth-order valence-electron chi connectivity index (χ4n) is 3.98. The minimum absolute atomic E-state index is 0.132.